The van der Waals surface area contributed by atoms with Gasteiger partial charge in [0.05, 0.1) is 0 Å². The van der Waals surface area contributed by atoms with E-state index in [9.17, 15) is 9.59 Å². The highest BCUT2D eigenvalue weighted by molar-refractivity contribution is 4.86. The molecule has 0 spiro atoms. The summed E-state index contributed by atoms with van der Waals surface area (Å²) in [5.74, 6) is 0. The van der Waals surface area contributed by atoms with Gasteiger partial charge in [0.1, 0.15) is 0 Å². The van der Waals surface area contributed by atoms with Gasteiger partial charge in [-0.15, -0.1) is 0 Å². The smallest absolute Gasteiger partial charge is 0.314 e. The van der Waals surface area contributed by atoms with Gasteiger partial charge in [-0.3, -0.25) is 9.36 Å². The van der Waals surface area contributed by atoms with Gasteiger partial charge < -0.3 is 9.88 Å². The number of hydrogen-bond donors (Lipinski definition) is 1. The molecule has 2 rings (SSSR count). The average molecular weight is 251 g/mol. The lowest BCUT2D eigenvalue weighted by Gasteiger charge is -2.09. The number of nitrogens with zero attached hydrogens (tertiary/aromatic N) is 2. The van der Waals surface area contributed by atoms with E-state index in [1.54, 1.807) is 10.8 Å². The van der Waals surface area contributed by atoms with Crippen LogP contribution in [0, 0.1) is 0 Å². The van der Waals surface area contributed by atoms with Crippen LogP contribution < -0.4 is 16.6 Å². The Morgan fingerprint density at radius 3 is 2.78 bits per heavy atom. The van der Waals surface area contributed by atoms with Gasteiger partial charge in [-0.05, 0) is 32.2 Å². The van der Waals surface area contributed by atoms with Crippen LogP contribution in [0.4, 0.5) is 0 Å². The number of aromatic nitrogens is 2. The van der Waals surface area contributed by atoms with Crippen LogP contribution in [0.2, 0.25) is 0 Å². The molecule has 1 saturated carbocycles. The van der Waals surface area contributed by atoms with E-state index in [4.69, 9.17) is 0 Å². The van der Waals surface area contributed by atoms with Crippen molar-refractivity contribution in [3.63, 3.8) is 0 Å². The molecule has 5 heteroatoms. The first-order chi connectivity index (χ1) is 8.72. The van der Waals surface area contributed by atoms with Crippen LogP contribution >= 0.6 is 0 Å². The molecule has 0 aromatic carbocycles. The molecule has 0 atom stereocenters. The standard InChI is InChI=1S/C13H21N3O2/c1-2-8-15-10-6-12(17)16(13(15)18)9-3-7-14-11-4-5-11/h6,10-11,14H,2-5,7-9H2,1H3. The summed E-state index contributed by atoms with van der Waals surface area (Å²) in [6.07, 6.45) is 5.82. The average Bonchev–Trinajstić information content (AvgIpc) is 3.16. The normalized spacial score (nSPS) is 14.9. The van der Waals surface area contributed by atoms with Gasteiger partial charge in [-0.1, -0.05) is 6.92 Å². The molecule has 18 heavy (non-hydrogen) atoms. The molecule has 0 saturated heterocycles. The van der Waals surface area contributed by atoms with Crippen molar-refractivity contribution in [1.82, 2.24) is 14.5 Å². The lowest BCUT2D eigenvalue weighted by molar-refractivity contribution is 0.513. The first kappa shape index (κ1) is 13.1. The number of aryl methyl sites for hydroxylation is 1. The third-order valence-corrected chi connectivity index (χ3v) is 3.17. The minimum absolute atomic E-state index is 0.184. The van der Waals surface area contributed by atoms with Gasteiger partial charge in [0.2, 0.25) is 0 Å². The quantitative estimate of drug-likeness (QED) is 0.721. The van der Waals surface area contributed by atoms with E-state index < -0.39 is 0 Å². The molecule has 1 aliphatic carbocycles. The molecule has 0 unspecified atom stereocenters. The Morgan fingerprint density at radius 2 is 2.11 bits per heavy atom. The zero-order valence-electron chi connectivity index (χ0n) is 10.9. The summed E-state index contributed by atoms with van der Waals surface area (Å²) in [6.45, 7) is 4.06. The second-order valence-electron chi connectivity index (χ2n) is 4.86. The minimum atomic E-state index is -0.196. The monoisotopic (exact) mass is 251 g/mol. The fraction of sp³-hybridized carbons (Fsp3) is 0.692. The van der Waals surface area contributed by atoms with E-state index >= 15 is 0 Å². The maximum absolute atomic E-state index is 12.0. The molecule has 0 bridgehead atoms. The van der Waals surface area contributed by atoms with Crippen LogP contribution in [0.1, 0.15) is 32.6 Å². The molecule has 100 valence electrons. The predicted octanol–water partition coefficient (Wildman–Crippen LogP) is 0.562. The van der Waals surface area contributed by atoms with Crippen molar-refractivity contribution in [2.45, 2.75) is 51.7 Å². The maximum atomic E-state index is 12.0. The van der Waals surface area contributed by atoms with Crippen LogP contribution in [0.15, 0.2) is 21.9 Å². The Balaban J connectivity index is 1.98. The molecular formula is C13H21N3O2. The zero-order chi connectivity index (χ0) is 13.0. The summed E-state index contributed by atoms with van der Waals surface area (Å²) in [5, 5.41) is 3.38. The number of nitrogens with one attached hydrogen (secondary N) is 1. The van der Waals surface area contributed by atoms with Crippen LogP contribution in [-0.4, -0.2) is 21.7 Å². The highest BCUT2D eigenvalue weighted by atomic mass is 16.2. The van der Waals surface area contributed by atoms with Crippen LogP contribution in [0.25, 0.3) is 0 Å². The summed E-state index contributed by atoms with van der Waals surface area (Å²) in [7, 11) is 0. The van der Waals surface area contributed by atoms with Gasteiger partial charge in [-0.2, -0.15) is 0 Å². The minimum Gasteiger partial charge on any atom is -0.314 e. The highest BCUT2D eigenvalue weighted by Gasteiger charge is 2.19. The van der Waals surface area contributed by atoms with Gasteiger partial charge in [-0.25, -0.2) is 4.79 Å². The molecule has 1 fully saturated rings. The van der Waals surface area contributed by atoms with E-state index in [0.717, 1.165) is 19.4 Å². The van der Waals surface area contributed by atoms with E-state index in [-0.39, 0.29) is 11.2 Å². The van der Waals surface area contributed by atoms with Crippen LogP contribution in [0.3, 0.4) is 0 Å². The summed E-state index contributed by atoms with van der Waals surface area (Å²) < 4.78 is 2.94. The molecule has 1 N–H and O–H groups in total. The molecule has 0 aliphatic heterocycles. The van der Waals surface area contributed by atoms with Crippen molar-refractivity contribution < 1.29 is 0 Å². The van der Waals surface area contributed by atoms with Crippen molar-refractivity contribution in [2.75, 3.05) is 6.54 Å². The third kappa shape index (κ3) is 3.32. The molecule has 1 heterocycles. The Labute approximate surface area is 106 Å². The van der Waals surface area contributed by atoms with Crippen molar-refractivity contribution in [3.05, 3.63) is 33.1 Å². The van der Waals surface area contributed by atoms with Gasteiger partial charge in [0, 0.05) is 31.4 Å². The number of rotatable bonds is 7. The van der Waals surface area contributed by atoms with Crippen molar-refractivity contribution in [1.29, 1.82) is 0 Å². The van der Waals surface area contributed by atoms with E-state index in [2.05, 4.69) is 5.32 Å². The van der Waals surface area contributed by atoms with Crippen LogP contribution in [-0.2, 0) is 13.1 Å². The van der Waals surface area contributed by atoms with Gasteiger partial charge in [0.25, 0.3) is 5.56 Å². The first-order valence-electron chi connectivity index (χ1n) is 6.76. The lowest BCUT2D eigenvalue weighted by Crippen LogP contribution is -2.39. The molecule has 1 aromatic rings. The summed E-state index contributed by atoms with van der Waals surface area (Å²) in [4.78, 5) is 23.7. The molecule has 0 amide bonds. The summed E-state index contributed by atoms with van der Waals surface area (Å²) in [6, 6.07) is 2.15. The number of hydrogen-bond acceptors (Lipinski definition) is 3. The van der Waals surface area contributed by atoms with E-state index in [1.165, 1.54) is 23.5 Å². The topological polar surface area (TPSA) is 56.0 Å². The Morgan fingerprint density at radius 1 is 1.33 bits per heavy atom. The molecule has 5 nitrogen and oxygen atoms in total. The molecular weight excluding hydrogens is 230 g/mol. The first-order valence-corrected chi connectivity index (χ1v) is 6.76. The largest absolute Gasteiger partial charge is 0.330 e. The van der Waals surface area contributed by atoms with Crippen molar-refractivity contribution in [2.24, 2.45) is 0 Å². The van der Waals surface area contributed by atoms with Gasteiger partial charge >= 0.3 is 5.69 Å². The molecule has 1 aliphatic rings. The lowest BCUT2D eigenvalue weighted by atomic mass is 10.4. The summed E-state index contributed by atoms with van der Waals surface area (Å²) in [5.41, 5.74) is -0.380. The second kappa shape index (κ2) is 6.00. The Hall–Kier alpha value is -1.36. The molecule has 0 radical (unpaired) electrons. The van der Waals surface area contributed by atoms with Crippen molar-refractivity contribution in [3.8, 4) is 0 Å². The van der Waals surface area contributed by atoms with Gasteiger partial charge in [0.15, 0.2) is 0 Å². The SMILES string of the molecule is CCCn1ccc(=O)n(CCCNC2CC2)c1=O. The van der Waals surface area contributed by atoms with E-state index in [1.807, 2.05) is 6.92 Å². The fourth-order valence-electron chi connectivity index (χ4n) is 2.00. The maximum Gasteiger partial charge on any atom is 0.330 e. The summed E-state index contributed by atoms with van der Waals surface area (Å²) >= 11 is 0. The predicted molar refractivity (Wildman–Crippen MR) is 70.9 cm³/mol. The van der Waals surface area contributed by atoms with Crippen LogP contribution in [0.5, 0.6) is 0 Å². The fourth-order valence-corrected chi connectivity index (χ4v) is 2.00. The molecule has 1 aromatic heterocycles. The van der Waals surface area contributed by atoms with E-state index in [0.29, 0.717) is 19.1 Å². The zero-order valence-corrected chi connectivity index (χ0v) is 10.9. The third-order valence-electron chi connectivity index (χ3n) is 3.17. The Bertz CT molecular complexity index is 500. The Kier molecular flexibility index (Phi) is 4.36. The second-order valence-corrected chi connectivity index (χ2v) is 4.86. The van der Waals surface area contributed by atoms with Crippen molar-refractivity contribution >= 4 is 0 Å². The highest BCUT2D eigenvalue weighted by Crippen LogP contribution is 2.18.